The molecule has 0 N–H and O–H groups in total. The molecule has 0 saturated carbocycles. The molecule has 0 spiro atoms. The lowest BCUT2D eigenvalue weighted by Crippen LogP contribution is -2.27. The van der Waals surface area contributed by atoms with E-state index in [4.69, 9.17) is 14.2 Å². The second-order valence-electron chi connectivity index (χ2n) is 4.53. The molecule has 0 unspecified atom stereocenters. The van der Waals surface area contributed by atoms with E-state index in [-0.39, 0.29) is 17.7 Å². The number of ether oxygens (including phenoxy) is 3. The number of thioether (sulfide) groups is 1. The minimum atomic E-state index is -0.361. The van der Waals surface area contributed by atoms with Gasteiger partial charge in [-0.1, -0.05) is 6.08 Å². The lowest BCUT2D eigenvalue weighted by Gasteiger charge is -2.13. The van der Waals surface area contributed by atoms with Crippen LogP contribution in [0, 0.1) is 0 Å². The maximum absolute atomic E-state index is 12.3. The summed E-state index contributed by atoms with van der Waals surface area (Å²) in [5.74, 6) is 1.17. The second-order valence-corrected chi connectivity index (χ2v) is 5.52. The molecule has 1 aromatic carbocycles. The second kappa shape index (κ2) is 7.23. The zero-order valence-corrected chi connectivity index (χ0v) is 13.9. The monoisotopic (exact) mass is 335 g/mol. The van der Waals surface area contributed by atoms with Gasteiger partial charge in [0, 0.05) is 18.7 Å². The van der Waals surface area contributed by atoms with Gasteiger partial charge in [0.05, 0.1) is 31.8 Å². The Morgan fingerprint density at radius 3 is 2.22 bits per heavy atom. The molecule has 2 amide bonds. The molecule has 0 aliphatic carbocycles. The van der Waals surface area contributed by atoms with E-state index in [1.807, 2.05) is 0 Å². The summed E-state index contributed by atoms with van der Waals surface area (Å²) >= 11 is 0.873. The van der Waals surface area contributed by atoms with Crippen LogP contribution in [-0.4, -0.2) is 43.9 Å². The smallest absolute Gasteiger partial charge is 0.293 e. The van der Waals surface area contributed by atoms with E-state index in [1.54, 1.807) is 18.2 Å². The van der Waals surface area contributed by atoms with Crippen LogP contribution in [0.4, 0.5) is 4.79 Å². The summed E-state index contributed by atoms with van der Waals surface area (Å²) in [4.78, 5) is 25.6. The number of hydrogen-bond donors (Lipinski definition) is 0. The Hall–Kier alpha value is -2.41. The van der Waals surface area contributed by atoms with Gasteiger partial charge in [-0.15, -0.1) is 6.58 Å². The summed E-state index contributed by atoms with van der Waals surface area (Å²) in [6.45, 7) is 3.73. The topological polar surface area (TPSA) is 65.1 Å². The third-order valence-electron chi connectivity index (χ3n) is 3.21. The van der Waals surface area contributed by atoms with E-state index in [2.05, 4.69) is 6.58 Å². The van der Waals surface area contributed by atoms with Crippen molar-refractivity contribution < 1.29 is 23.8 Å². The van der Waals surface area contributed by atoms with Crippen molar-refractivity contribution in [3.8, 4) is 17.2 Å². The van der Waals surface area contributed by atoms with Crippen molar-refractivity contribution in [3.05, 3.63) is 35.3 Å². The first-order valence-corrected chi connectivity index (χ1v) is 7.53. The highest BCUT2D eigenvalue weighted by Gasteiger charge is 2.34. The standard InChI is InChI=1S/C16H17NO5S/c1-5-6-17-15(18)14(23-16(17)19)9-11-12(21-3)7-10(20-2)8-13(11)22-4/h5,7-9H,1,6H2,2-4H3. The van der Waals surface area contributed by atoms with E-state index in [0.29, 0.717) is 27.7 Å². The third-order valence-corrected chi connectivity index (χ3v) is 4.12. The molecule has 1 fully saturated rings. The Kier molecular flexibility index (Phi) is 5.33. The molecule has 122 valence electrons. The van der Waals surface area contributed by atoms with Crippen LogP contribution in [-0.2, 0) is 4.79 Å². The van der Waals surface area contributed by atoms with Crippen LogP contribution in [0.25, 0.3) is 6.08 Å². The van der Waals surface area contributed by atoms with Gasteiger partial charge in [-0.25, -0.2) is 0 Å². The Balaban J connectivity index is 2.48. The Morgan fingerprint density at radius 1 is 1.13 bits per heavy atom. The predicted octanol–water partition coefficient (Wildman–Crippen LogP) is 2.93. The van der Waals surface area contributed by atoms with Crippen LogP contribution < -0.4 is 14.2 Å². The number of amides is 2. The van der Waals surface area contributed by atoms with Crippen molar-refractivity contribution in [1.82, 2.24) is 4.90 Å². The van der Waals surface area contributed by atoms with Crippen molar-refractivity contribution in [2.75, 3.05) is 27.9 Å². The zero-order chi connectivity index (χ0) is 17.0. The van der Waals surface area contributed by atoms with Crippen molar-refractivity contribution >= 4 is 29.0 Å². The fourth-order valence-electron chi connectivity index (χ4n) is 2.09. The first-order chi connectivity index (χ1) is 11.0. The van der Waals surface area contributed by atoms with Gasteiger partial charge in [0.25, 0.3) is 11.1 Å². The fourth-order valence-corrected chi connectivity index (χ4v) is 2.92. The average Bonchev–Trinajstić information content (AvgIpc) is 2.82. The van der Waals surface area contributed by atoms with Crippen LogP contribution in [0.2, 0.25) is 0 Å². The summed E-state index contributed by atoms with van der Waals surface area (Å²) in [7, 11) is 4.55. The molecule has 1 heterocycles. The predicted molar refractivity (Wildman–Crippen MR) is 89.0 cm³/mol. The van der Waals surface area contributed by atoms with Gasteiger partial charge in [0.1, 0.15) is 17.2 Å². The van der Waals surface area contributed by atoms with E-state index >= 15 is 0 Å². The summed E-state index contributed by atoms with van der Waals surface area (Å²) in [5, 5.41) is -0.326. The molecule has 1 saturated heterocycles. The minimum Gasteiger partial charge on any atom is -0.496 e. The Labute approximate surface area is 138 Å². The summed E-state index contributed by atoms with van der Waals surface area (Å²) in [5.41, 5.74) is 0.569. The molecule has 0 bridgehead atoms. The van der Waals surface area contributed by atoms with Gasteiger partial charge in [-0.3, -0.25) is 14.5 Å². The molecule has 1 aliphatic heterocycles. The highest BCUT2D eigenvalue weighted by atomic mass is 32.2. The van der Waals surface area contributed by atoms with Crippen LogP contribution in [0.5, 0.6) is 17.2 Å². The molecule has 0 aromatic heterocycles. The van der Waals surface area contributed by atoms with Crippen molar-refractivity contribution in [2.45, 2.75) is 0 Å². The fraction of sp³-hybridized carbons (Fsp3) is 0.250. The largest absolute Gasteiger partial charge is 0.496 e. The lowest BCUT2D eigenvalue weighted by molar-refractivity contribution is -0.122. The Bertz CT molecular complexity index is 658. The quantitative estimate of drug-likeness (QED) is 0.588. The highest BCUT2D eigenvalue weighted by Crippen LogP contribution is 2.39. The first-order valence-electron chi connectivity index (χ1n) is 6.72. The lowest BCUT2D eigenvalue weighted by atomic mass is 10.1. The molecule has 2 rings (SSSR count). The number of nitrogens with zero attached hydrogens (tertiary/aromatic N) is 1. The summed E-state index contributed by atoms with van der Waals surface area (Å²) in [6, 6.07) is 3.37. The van der Waals surface area contributed by atoms with Crippen LogP contribution in [0.15, 0.2) is 29.7 Å². The maximum atomic E-state index is 12.3. The van der Waals surface area contributed by atoms with Gasteiger partial charge in [0.15, 0.2) is 0 Å². The van der Waals surface area contributed by atoms with Gasteiger partial charge in [-0.2, -0.15) is 0 Å². The van der Waals surface area contributed by atoms with E-state index < -0.39 is 0 Å². The molecule has 0 radical (unpaired) electrons. The van der Waals surface area contributed by atoms with Gasteiger partial charge < -0.3 is 14.2 Å². The molecule has 1 aliphatic rings. The van der Waals surface area contributed by atoms with Crippen molar-refractivity contribution in [1.29, 1.82) is 0 Å². The van der Waals surface area contributed by atoms with Gasteiger partial charge in [0.2, 0.25) is 0 Å². The molecular formula is C16H17NO5S. The molecule has 7 heteroatoms. The summed E-state index contributed by atoms with van der Waals surface area (Å²) in [6.07, 6.45) is 3.10. The van der Waals surface area contributed by atoms with Crippen LogP contribution in [0.1, 0.15) is 5.56 Å². The Morgan fingerprint density at radius 2 is 1.74 bits per heavy atom. The molecular weight excluding hydrogens is 318 g/mol. The average molecular weight is 335 g/mol. The zero-order valence-electron chi connectivity index (χ0n) is 13.1. The number of methoxy groups -OCH3 is 3. The maximum Gasteiger partial charge on any atom is 0.293 e. The number of carbonyl (C=O) groups excluding carboxylic acids is 2. The molecule has 0 atom stereocenters. The van der Waals surface area contributed by atoms with Crippen LogP contribution in [0.3, 0.4) is 0 Å². The normalized spacial score (nSPS) is 16.0. The number of hydrogen-bond acceptors (Lipinski definition) is 6. The number of rotatable bonds is 6. The van der Waals surface area contributed by atoms with E-state index in [1.165, 1.54) is 27.4 Å². The summed E-state index contributed by atoms with van der Waals surface area (Å²) < 4.78 is 15.9. The molecule has 23 heavy (non-hydrogen) atoms. The van der Waals surface area contributed by atoms with E-state index in [9.17, 15) is 9.59 Å². The van der Waals surface area contributed by atoms with Gasteiger partial charge in [-0.05, 0) is 17.8 Å². The van der Waals surface area contributed by atoms with Crippen molar-refractivity contribution in [3.63, 3.8) is 0 Å². The minimum absolute atomic E-state index is 0.179. The van der Waals surface area contributed by atoms with E-state index in [0.717, 1.165) is 16.7 Å². The third kappa shape index (κ3) is 3.34. The van der Waals surface area contributed by atoms with Crippen LogP contribution >= 0.6 is 11.8 Å². The molecule has 1 aromatic rings. The SMILES string of the molecule is C=CCN1C(=O)SC(=Cc2c(OC)cc(OC)cc2OC)C1=O. The molecule has 6 nitrogen and oxygen atoms in total. The van der Waals surface area contributed by atoms with Crippen molar-refractivity contribution in [2.24, 2.45) is 0 Å². The number of benzene rings is 1. The van der Waals surface area contributed by atoms with Gasteiger partial charge >= 0.3 is 0 Å². The number of imide groups is 1. The highest BCUT2D eigenvalue weighted by molar-refractivity contribution is 8.18. The first kappa shape index (κ1) is 17.0. The number of carbonyl (C=O) groups is 2.